The summed E-state index contributed by atoms with van der Waals surface area (Å²) >= 11 is 0. The maximum atomic E-state index is 13.0. The molecule has 154 valence electrons. The van der Waals surface area contributed by atoms with E-state index in [1.54, 1.807) is 24.3 Å². The predicted octanol–water partition coefficient (Wildman–Crippen LogP) is 0.277. The Balaban J connectivity index is 1.30. The number of primary amides is 1. The zero-order valence-electron chi connectivity index (χ0n) is 16.0. The van der Waals surface area contributed by atoms with Crippen molar-refractivity contribution in [1.29, 1.82) is 0 Å². The van der Waals surface area contributed by atoms with Crippen LogP contribution in [0.3, 0.4) is 0 Å². The molecule has 0 spiro atoms. The van der Waals surface area contributed by atoms with Crippen molar-refractivity contribution in [3.63, 3.8) is 0 Å². The Kier molecular flexibility index (Phi) is 4.89. The zero-order valence-corrected chi connectivity index (χ0v) is 16.0. The monoisotopic (exact) mass is 400 g/mol. The van der Waals surface area contributed by atoms with Crippen LogP contribution in [0.15, 0.2) is 24.3 Å². The summed E-state index contributed by atoms with van der Waals surface area (Å²) in [6.07, 6.45) is 3.78. The molecule has 0 bridgehead atoms. The first-order valence-electron chi connectivity index (χ1n) is 9.81. The van der Waals surface area contributed by atoms with Gasteiger partial charge in [-0.3, -0.25) is 19.3 Å². The summed E-state index contributed by atoms with van der Waals surface area (Å²) < 4.78 is 5.18. The Morgan fingerprint density at radius 2 is 1.76 bits per heavy atom. The molecule has 1 heterocycles. The predicted molar refractivity (Wildman–Crippen MR) is 101 cm³/mol. The number of hydrogen-bond donors (Lipinski definition) is 3. The number of ether oxygens (including phenoxy) is 1. The smallest absolute Gasteiger partial charge is 0.325 e. The molecule has 0 aromatic heterocycles. The Hall–Kier alpha value is -3.10. The molecule has 0 unspecified atom stereocenters. The van der Waals surface area contributed by atoms with Crippen molar-refractivity contribution in [3.05, 3.63) is 29.8 Å². The molecule has 3 fully saturated rings. The third kappa shape index (κ3) is 3.90. The number of nitrogens with one attached hydrogen (secondary N) is 2. The van der Waals surface area contributed by atoms with Gasteiger partial charge in [0.2, 0.25) is 5.91 Å². The number of carbonyl (C=O) groups is 4. The van der Waals surface area contributed by atoms with Crippen LogP contribution < -0.4 is 21.1 Å². The van der Waals surface area contributed by atoms with Crippen LogP contribution in [-0.2, 0) is 20.9 Å². The van der Waals surface area contributed by atoms with E-state index in [2.05, 4.69) is 10.6 Å². The minimum Gasteiger partial charge on any atom is -0.484 e. The number of rotatable bonds is 9. The Bertz CT molecular complexity index is 833. The number of imide groups is 1. The second kappa shape index (κ2) is 7.38. The van der Waals surface area contributed by atoms with E-state index < -0.39 is 23.4 Å². The number of amides is 5. The minimum atomic E-state index is -0.780. The lowest BCUT2D eigenvalue weighted by molar-refractivity contribution is -0.136. The van der Waals surface area contributed by atoms with Gasteiger partial charge in [0.15, 0.2) is 6.61 Å². The zero-order chi connectivity index (χ0) is 20.6. The third-order valence-electron chi connectivity index (χ3n) is 5.70. The summed E-state index contributed by atoms with van der Waals surface area (Å²) in [4.78, 5) is 49.5. The highest BCUT2D eigenvalue weighted by atomic mass is 16.5. The third-order valence-corrected chi connectivity index (χ3v) is 5.70. The summed E-state index contributed by atoms with van der Waals surface area (Å²) in [5.74, 6) is -0.308. The van der Waals surface area contributed by atoms with E-state index in [0.29, 0.717) is 5.75 Å². The molecular formula is C20H24N4O5. The van der Waals surface area contributed by atoms with Crippen LogP contribution in [0.1, 0.15) is 31.2 Å². The Labute approximate surface area is 167 Å². The van der Waals surface area contributed by atoms with E-state index in [4.69, 9.17) is 10.5 Å². The highest BCUT2D eigenvalue weighted by Gasteiger charge is 2.65. The van der Waals surface area contributed by atoms with Crippen LogP contribution >= 0.6 is 0 Å². The highest BCUT2D eigenvalue weighted by Crippen LogP contribution is 2.54. The van der Waals surface area contributed by atoms with Gasteiger partial charge >= 0.3 is 6.03 Å². The Morgan fingerprint density at radius 1 is 1.14 bits per heavy atom. The molecule has 3 aliphatic rings. The van der Waals surface area contributed by atoms with Crippen LogP contribution in [0, 0.1) is 11.8 Å². The lowest BCUT2D eigenvalue weighted by Gasteiger charge is -2.26. The van der Waals surface area contributed by atoms with Crippen molar-refractivity contribution in [3.8, 4) is 5.75 Å². The quantitative estimate of drug-likeness (QED) is 0.513. The van der Waals surface area contributed by atoms with Crippen LogP contribution in [0.4, 0.5) is 4.79 Å². The molecule has 2 saturated carbocycles. The van der Waals surface area contributed by atoms with Crippen LogP contribution in [0.25, 0.3) is 0 Å². The fourth-order valence-electron chi connectivity index (χ4n) is 3.98. The Morgan fingerprint density at radius 3 is 2.31 bits per heavy atom. The molecule has 0 atom stereocenters. The summed E-state index contributed by atoms with van der Waals surface area (Å²) in [5.41, 5.74) is 5.06. The molecule has 2 aliphatic carbocycles. The second-order valence-corrected chi connectivity index (χ2v) is 7.91. The van der Waals surface area contributed by atoms with Gasteiger partial charge in [-0.1, -0.05) is 12.1 Å². The van der Waals surface area contributed by atoms with Gasteiger partial charge < -0.3 is 21.1 Å². The van der Waals surface area contributed by atoms with Crippen molar-refractivity contribution >= 4 is 23.8 Å². The normalized spacial score (nSPS) is 20.3. The van der Waals surface area contributed by atoms with Crippen molar-refractivity contribution < 1.29 is 23.9 Å². The summed E-state index contributed by atoms with van der Waals surface area (Å²) in [7, 11) is 0. The topological polar surface area (TPSA) is 131 Å². The lowest BCUT2D eigenvalue weighted by atomic mass is 9.87. The number of carbonyl (C=O) groups excluding carboxylic acids is 4. The molecule has 29 heavy (non-hydrogen) atoms. The fourth-order valence-corrected chi connectivity index (χ4v) is 3.98. The van der Waals surface area contributed by atoms with Crippen molar-refractivity contribution in [2.24, 2.45) is 17.6 Å². The molecule has 1 saturated heterocycles. The van der Waals surface area contributed by atoms with E-state index in [-0.39, 0.29) is 37.4 Å². The van der Waals surface area contributed by atoms with Crippen molar-refractivity contribution in [1.82, 2.24) is 15.5 Å². The number of nitrogens with two attached hydrogens (primary N) is 1. The van der Waals surface area contributed by atoms with Crippen molar-refractivity contribution in [2.45, 2.75) is 37.8 Å². The van der Waals surface area contributed by atoms with E-state index in [0.717, 1.165) is 36.1 Å². The summed E-state index contributed by atoms with van der Waals surface area (Å²) in [6, 6.07) is 6.36. The van der Waals surface area contributed by atoms with E-state index in [1.807, 2.05) is 0 Å². The van der Waals surface area contributed by atoms with Crippen LogP contribution in [-0.4, -0.2) is 47.3 Å². The first-order chi connectivity index (χ1) is 13.9. The van der Waals surface area contributed by atoms with Gasteiger partial charge in [-0.2, -0.15) is 0 Å². The summed E-state index contributed by atoms with van der Waals surface area (Å²) in [6.45, 7) is -0.244. The summed E-state index contributed by atoms with van der Waals surface area (Å²) in [5, 5.41) is 5.63. The van der Waals surface area contributed by atoms with Crippen LogP contribution in [0.5, 0.6) is 5.75 Å². The van der Waals surface area contributed by atoms with Crippen LogP contribution in [0.2, 0.25) is 0 Å². The highest BCUT2D eigenvalue weighted by molar-refractivity contribution is 6.09. The lowest BCUT2D eigenvalue weighted by Crippen LogP contribution is -2.51. The standard InChI is InChI=1S/C20H24N4O5/c21-16(25)11-29-15-7-1-12(2-8-15)9-22-17(26)10-24-18(27)20(13-3-4-13,14-5-6-14)23-19(24)28/h1-2,7-8,13-14H,3-6,9-11H2,(H2,21,25)(H,22,26)(H,23,28). The maximum absolute atomic E-state index is 13.0. The van der Waals surface area contributed by atoms with E-state index >= 15 is 0 Å². The fraction of sp³-hybridized carbons (Fsp3) is 0.500. The van der Waals surface area contributed by atoms with Gasteiger partial charge in [-0.25, -0.2) is 4.79 Å². The second-order valence-electron chi connectivity index (χ2n) is 7.91. The molecule has 1 aliphatic heterocycles. The number of urea groups is 1. The van der Waals surface area contributed by atoms with Gasteiger partial charge in [0.05, 0.1) is 0 Å². The minimum absolute atomic E-state index is 0.203. The number of nitrogens with zero attached hydrogens (tertiary/aromatic N) is 1. The maximum Gasteiger partial charge on any atom is 0.325 e. The molecule has 1 aromatic carbocycles. The molecule has 9 nitrogen and oxygen atoms in total. The number of benzene rings is 1. The number of hydrogen-bond acceptors (Lipinski definition) is 5. The van der Waals surface area contributed by atoms with Gasteiger partial charge in [-0.15, -0.1) is 0 Å². The SMILES string of the molecule is NC(=O)COc1ccc(CNC(=O)CN2C(=O)NC(C3CC3)(C3CC3)C2=O)cc1. The van der Waals surface area contributed by atoms with Gasteiger partial charge in [-0.05, 0) is 55.2 Å². The largest absolute Gasteiger partial charge is 0.484 e. The molecule has 4 rings (SSSR count). The van der Waals surface area contributed by atoms with Gasteiger partial charge in [0, 0.05) is 6.54 Å². The average molecular weight is 400 g/mol. The molecule has 0 radical (unpaired) electrons. The van der Waals surface area contributed by atoms with Gasteiger partial charge in [0.1, 0.15) is 17.8 Å². The van der Waals surface area contributed by atoms with Gasteiger partial charge in [0.25, 0.3) is 11.8 Å². The molecule has 1 aromatic rings. The first-order valence-corrected chi connectivity index (χ1v) is 9.81. The van der Waals surface area contributed by atoms with Crippen molar-refractivity contribution in [2.75, 3.05) is 13.2 Å². The molecule has 4 N–H and O–H groups in total. The molecule has 5 amide bonds. The molecular weight excluding hydrogens is 376 g/mol. The van der Waals surface area contributed by atoms with E-state index in [1.165, 1.54) is 0 Å². The average Bonchev–Trinajstić information content (AvgIpc) is 3.60. The molecule has 9 heteroatoms. The first kappa shape index (κ1) is 19.2. The van der Waals surface area contributed by atoms with E-state index in [9.17, 15) is 19.2 Å².